The number of fused-ring (bicyclic) bond motifs is 2. The molecule has 0 radical (unpaired) electrons. The van der Waals surface area contributed by atoms with Gasteiger partial charge in [-0.15, -0.1) is 0 Å². The maximum atomic E-state index is 12.6. The van der Waals surface area contributed by atoms with Crippen molar-refractivity contribution in [3.8, 4) is 0 Å². The van der Waals surface area contributed by atoms with Crippen LogP contribution in [0.2, 0.25) is 0 Å². The lowest BCUT2D eigenvalue weighted by molar-refractivity contribution is -0.0566. The van der Waals surface area contributed by atoms with Crippen LogP contribution >= 0.6 is 0 Å². The number of aromatic nitrogens is 2. The fourth-order valence-electron chi connectivity index (χ4n) is 3.91. The van der Waals surface area contributed by atoms with Crippen molar-refractivity contribution in [1.29, 1.82) is 0 Å². The summed E-state index contributed by atoms with van der Waals surface area (Å²) >= 11 is 0. The van der Waals surface area contributed by atoms with Gasteiger partial charge in [0.1, 0.15) is 0 Å². The number of carbonyl (C=O) groups is 1. The number of aliphatic hydroxyl groups excluding tert-OH is 1. The summed E-state index contributed by atoms with van der Waals surface area (Å²) in [6.45, 7) is 2.50. The molecular weight excluding hydrogens is 320 g/mol. The number of nitrogens with one attached hydrogen (secondary N) is 1. The lowest BCUT2D eigenvalue weighted by atomic mass is 10.1. The molecule has 1 aromatic carbocycles. The number of hydrogen-bond donors (Lipinski definition) is 2. The Morgan fingerprint density at radius 3 is 3.16 bits per heavy atom. The molecule has 2 saturated heterocycles. The first-order chi connectivity index (χ1) is 12.1. The number of imidazole rings is 1. The summed E-state index contributed by atoms with van der Waals surface area (Å²) in [5, 5.41) is 12.2. The summed E-state index contributed by atoms with van der Waals surface area (Å²) in [6.07, 6.45) is 3.43. The van der Waals surface area contributed by atoms with Gasteiger partial charge in [-0.25, -0.2) is 4.98 Å². The molecule has 1 aromatic heterocycles. The van der Waals surface area contributed by atoms with E-state index in [4.69, 9.17) is 9.84 Å². The van der Waals surface area contributed by atoms with Crippen LogP contribution in [0.4, 0.5) is 0 Å². The molecule has 25 heavy (non-hydrogen) atoms. The van der Waals surface area contributed by atoms with Crippen molar-refractivity contribution in [3.05, 3.63) is 30.1 Å². The Morgan fingerprint density at radius 2 is 2.32 bits per heavy atom. The van der Waals surface area contributed by atoms with E-state index in [1.54, 1.807) is 6.33 Å². The molecule has 7 heteroatoms. The summed E-state index contributed by atoms with van der Waals surface area (Å²) in [5.74, 6) is -0.0507. The van der Waals surface area contributed by atoms with E-state index < -0.39 is 0 Å². The highest BCUT2D eigenvalue weighted by atomic mass is 16.5. The fourth-order valence-corrected chi connectivity index (χ4v) is 3.91. The van der Waals surface area contributed by atoms with Crippen LogP contribution < -0.4 is 5.32 Å². The largest absolute Gasteiger partial charge is 0.396 e. The molecule has 0 saturated carbocycles. The van der Waals surface area contributed by atoms with Gasteiger partial charge in [-0.05, 0) is 31.0 Å². The van der Waals surface area contributed by atoms with Crippen molar-refractivity contribution in [2.75, 3.05) is 26.3 Å². The Balaban J connectivity index is 1.39. The molecule has 0 unspecified atom stereocenters. The molecule has 2 aliphatic heterocycles. The molecule has 4 rings (SSSR count). The number of amides is 1. The highest BCUT2D eigenvalue weighted by Crippen LogP contribution is 2.24. The second-order valence-corrected chi connectivity index (χ2v) is 7.04. The molecule has 0 spiro atoms. The summed E-state index contributed by atoms with van der Waals surface area (Å²) in [4.78, 5) is 19.3. The molecule has 2 fully saturated rings. The molecule has 134 valence electrons. The van der Waals surface area contributed by atoms with Gasteiger partial charge in [0, 0.05) is 44.4 Å². The third-order valence-electron chi connectivity index (χ3n) is 5.26. The number of rotatable bonds is 4. The highest BCUT2D eigenvalue weighted by molar-refractivity contribution is 5.97. The summed E-state index contributed by atoms with van der Waals surface area (Å²) in [7, 11) is 1.94. The normalized spacial score (nSPS) is 26.7. The molecular formula is C18H24N4O3. The molecule has 2 aromatic rings. The Labute approximate surface area is 146 Å². The van der Waals surface area contributed by atoms with Gasteiger partial charge in [-0.3, -0.25) is 9.69 Å². The molecule has 2 N–H and O–H groups in total. The fraction of sp³-hybridized carbons (Fsp3) is 0.556. The highest BCUT2D eigenvalue weighted by Gasteiger charge is 2.37. The van der Waals surface area contributed by atoms with Gasteiger partial charge in [0.15, 0.2) is 0 Å². The van der Waals surface area contributed by atoms with E-state index >= 15 is 0 Å². The van der Waals surface area contributed by atoms with Gasteiger partial charge < -0.3 is 19.7 Å². The van der Waals surface area contributed by atoms with E-state index in [1.807, 2.05) is 29.8 Å². The monoisotopic (exact) mass is 344 g/mol. The quantitative estimate of drug-likeness (QED) is 0.846. The van der Waals surface area contributed by atoms with Crippen LogP contribution in [0.1, 0.15) is 23.2 Å². The van der Waals surface area contributed by atoms with Crippen LogP contribution in [0.5, 0.6) is 0 Å². The third-order valence-corrected chi connectivity index (χ3v) is 5.26. The van der Waals surface area contributed by atoms with Crippen molar-refractivity contribution < 1.29 is 14.6 Å². The molecule has 0 bridgehead atoms. The predicted molar refractivity (Wildman–Crippen MR) is 93.4 cm³/mol. The van der Waals surface area contributed by atoms with Crippen LogP contribution in [0.3, 0.4) is 0 Å². The number of aliphatic hydroxyl groups is 1. The standard InChI is InChI=1S/C18H24N4O3/c1-21-11-19-16-6-12(2-3-17(16)21)18(24)20-13-7-14-10-25-15(4-5-23)9-22(14)8-13/h2-3,6,11,13-15,23H,4-5,7-10H2,1H3,(H,20,24)/t13-,14-,15-/m0/s1. The van der Waals surface area contributed by atoms with Crippen LogP contribution in [0, 0.1) is 0 Å². The first-order valence-electron chi connectivity index (χ1n) is 8.82. The first-order valence-corrected chi connectivity index (χ1v) is 8.82. The van der Waals surface area contributed by atoms with E-state index in [-0.39, 0.29) is 24.7 Å². The summed E-state index contributed by atoms with van der Waals surface area (Å²) < 4.78 is 7.74. The summed E-state index contributed by atoms with van der Waals surface area (Å²) in [6, 6.07) is 6.12. The number of carbonyl (C=O) groups excluding carboxylic acids is 1. The molecule has 3 heterocycles. The van der Waals surface area contributed by atoms with Gasteiger partial charge in [-0.1, -0.05) is 0 Å². The SMILES string of the molecule is Cn1cnc2cc(C(=O)N[C@H]3C[C@H]4CO[C@@H](CCO)CN4C3)ccc21. The number of benzene rings is 1. The molecule has 3 atom stereocenters. The summed E-state index contributed by atoms with van der Waals surface area (Å²) in [5.41, 5.74) is 2.49. The molecule has 7 nitrogen and oxygen atoms in total. The minimum atomic E-state index is -0.0507. The Kier molecular flexibility index (Phi) is 4.45. The van der Waals surface area contributed by atoms with Crippen molar-refractivity contribution >= 4 is 16.9 Å². The maximum absolute atomic E-state index is 12.6. The minimum Gasteiger partial charge on any atom is -0.396 e. The van der Waals surface area contributed by atoms with Crippen LogP contribution in [0.15, 0.2) is 24.5 Å². The second kappa shape index (κ2) is 6.74. The number of ether oxygens (including phenoxy) is 1. The average molecular weight is 344 g/mol. The molecule has 1 amide bonds. The van der Waals surface area contributed by atoms with Crippen LogP contribution in [-0.4, -0.2) is 70.0 Å². The number of morpholine rings is 1. The Bertz CT molecular complexity index is 775. The molecule has 0 aliphatic carbocycles. The van der Waals surface area contributed by atoms with E-state index in [0.717, 1.165) is 30.5 Å². The molecule has 2 aliphatic rings. The number of hydrogen-bond acceptors (Lipinski definition) is 5. The smallest absolute Gasteiger partial charge is 0.251 e. The van der Waals surface area contributed by atoms with Crippen molar-refractivity contribution in [2.45, 2.75) is 31.0 Å². The average Bonchev–Trinajstić information content (AvgIpc) is 3.17. The lowest BCUT2D eigenvalue weighted by Gasteiger charge is -2.34. The number of nitrogens with zero attached hydrogens (tertiary/aromatic N) is 3. The van der Waals surface area contributed by atoms with Gasteiger partial charge >= 0.3 is 0 Å². The zero-order valence-corrected chi connectivity index (χ0v) is 14.4. The maximum Gasteiger partial charge on any atom is 0.251 e. The lowest BCUT2D eigenvalue weighted by Crippen LogP contribution is -2.46. The second-order valence-electron chi connectivity index (χ2n) is 7.04. The van der Waals surface area contributed by atoms with Crippen LogP contribution in [-0.2, 0) is 11.8 Å². The Morgan fingerprint density at radius 1 is 1.44 bits per heavy atom. The number of aryl methyl sites for hydroxylation is 1. The van der Waals surface area contributed by atoms with Crippen LogP contribution in [0.25, 0.3) is 11.0 Å². The minimum absolute atomic E-state index is 0.0507. The van der Waals surface area contributed by atoms with Gasteiger partial charge in [0.25, 0.3) is 5.91 Å². The van der Waals surface area contributed by atoms with Gasteiger partial charge in [0.2, 0.25) is 0 Å². The van der Waals surface area contributed by atoms with E-state index in [2.05, 4.69) is 15.2 Å². The van der Waals surface area contributed by atoms with E-state index in [0.29, 0.717) is 24.6 Å². The third kappa shape index (κ3) is 3.27. The van der Waals surface area contributed by atoms with Crippen molar-refractivity contribution in [2.24, 2.45) is 7.05 Å². The Hall–Kier alpha value is -1.96. The predicted octanol–water partition coefficient (Wildman–Crippen LogP) is 0.527. The van der Waals surface area contributed by atoms with E-state index in [1.165, 1.54) is 0 Å². The van der Waals surface area contributed by atoms with Gasteiger partial charge in [0.05, 0.1) is 30.1 Å². The topological polar surface area (TPSA) is 79.6 Å². The zero-order valence-electron chi connectivity index (χ0n) is 14.4. The van der Waals surface area contributed by atoms with Crippen molar-refractivity contribution in [3.63, 3.8) is 0 Å². The van der Waals surface area contributed by atoms with Gasteiger partial charge in [-0.2, -0.15) is 0 Å². The zero-order chi connectivity index (χ0) is 17.4. The van der Waals surface area contributed by atoms with E-state index in [9.17, 15) is 4.79 Å². The first kappa shape index (κ1) is 16.5. The van der Waals surface area contributed by atoms with Crippen molar-refractivity contribution in [1.82, 2.24) is 19.8 Å².